The van der Waals surface area contributed by atoms with Crippen LogP contribution in [0.1, 0.15) is 26.3 Å². The van der Waals surface area contributed by atoms with Gasteiger partial charge in [-0.15, -0.1) is 0 Å². The summed E-state index contributed by atoms with van der Waals surface area (Å²) in [4.78, 5) is 25.1. The molecule has 0 aliphatic carbocycles. The Balaban J connectivity index is 1.56. The number of ether oxygens (including phenoxy) is 4. The Labute approximate surface area is 217 Å². The largest absolute Gasteiger partial charge is 0.508 e. The summed E-state index contributed by atoms with van der Waals surface area (Å²) in [5, 5.41) is 50.5. The van der Waals surface area contributed by atoms with Gasteiger partial charge in [0.2, 0.25) is 6.29 Å². The van der Waals surface area contributed by atoms with E-state index in [4.69, 9.17) is 18.9 Å². The molecular formula is C27H26O11. The molecule has 4 rings (SSSR count). The van der Waals surface area contributed by atoms with Crippen LogP contribution in [-0.2, 0) is 20.8 Å². The van der Waals surface area contributed by atoms with Crippen molar-refractivity contribution in [2.45, 2.75) is 37.3 Å². The molecule has 38 heavy (non-hydrogen) atoms. The number of aliphatic hydroxyl groups excluding tert-OH is 3. The molecule has 0 unspecified atom stereocenters. The summed E-state index contributed by atoms with van der Waals surface area (Å²) in [7, 11) is 0. The Morgan fingerprint density at radius 1 is 0.868 bits per heavy atom. The number of benzene rings is 3. The lowest BCUT2D eigenvalue weighted by molar-refractivity contribution is -0.276. The molecule has 11 heteroatoms. The maximum atomic E-state index is 12.7. The number of phenolic OH excluding ortho intramolecular Hbond substituents is 2. The fourth-order valence-corrected chi connectivity index (χ4v) is 3.83. The van der Waals surface area contributed by atoms with E-state index in [0.717, 1.165) is 0 Å². The predicted molar refractivity (Wildman–Crippen MR) is 129 cm³/mol. The number of carbonyl (C=O) groups is 2. The SMILES string of the molecule is O=C(O[C@H]1[C@H](Oc2ccc(O)cc2COC(=O)c2ccccc2O)O[C@H](CO)[C@@H](O)[C@@H]1O)c1ccccc1. The average Bonchev–Trinajstić information content (AvgIpc) is 2.93. The molecule has 0 radical (unpaired) electrons. The maximum absolute atomic E-state index is 12.7. The molecule has 1 saturated heterocycles. The Hall–Kier alpha value is -4.16. The maximum Gasteiger partial charge on any atom is 0.342 e. The highest BCUT2D eigenvalue weighted by Crippen LogP contribution is 2.31. The zero-order valence-corrected chi connectivity index (χ0v) is 19.9. The van der Waals surface area contributed by atoms with E-state index in [1.54, 1.807) is 30.3 Å². The van der Waals surface area contributed by atoms with Crippen LogP contribution in [0.2, 0.25) is 0 Å². The highest BCUT2D eigenvalue weighted by Gasteiger charge is 2.48. The number of hydrogen-bond acceptors (Lipinski definition) is 11. The molecule has 1 heterocycles. The monoisotopic (exact) mass is 526 g/mol. The number of rotatable bonds is 8. The standard InChI is InChI=1S/C27H26O11/c28-13-21-22(31)23(32)24(38-25(33)15-6-2-1-3-7-15)27(37-21)36-20-11-10-17(29)12-16(20)14-35-26(34)18-8-4-5-9-19(18)30/h1-12,21-24,27-32H,13-14H2/t21-,22-,23+,24-,27-/m1/s1. The number of phenols is 2. The summed E-state index contributed by atoms with van der Waals surface area (Å²) in [5.41, 5.74) is 0.284. The van der Waals surface area contributed by atoms with Crippen molar-refractivity contribution in [1.29, 1.82) is 0 Å². The smallest absolute Gasteiger partial charge is 0.342 e. The summed E-state index contributed by atoms with van der Waals surface area (Å²) in [6.45, 7) is -1.06. The second kappa shape index (κ2) is 11.9. The Morgan fingerprint density at radius 3 is 2.29 bits per heavy atom. The molecular weight excluding hydrogens is 500 g/mol. The summed E-state index contributed by atoms with van der Waals surface area (Å²) in [6.07, 6.45) is -7.56. The normalized spacial score (nSPS) is 22.9. The highest BCUT2D eigenvalue weighted by molar-refractivity contribution is 5.92. The van der Waals surface area contributed by atoms with E-state index < -0.39 is 55.9 Å². The molecule has 0 aromatic heterocycles. The lowest BCUT2D eigenvalue weighted by Gasteiger charge is -2.41. The van der Waals surface area contributed by atoms with Crippen molar-refractivity contribution in [3.8, 4) is 17.2 Å². The van der Waals surface area contributed by atoms with Gasteiger partial charge in [0, 0.05) is 5.56 Å². The predicted octanol–water partition coefficient (Wildman–Crippen LogP) is 1.50. The number of carbonyl (C=O) groups excluding carboxylic acids is 2. The van der Waals surface area contributed by atoms with E-state index in [1.165, 1.54) is 42.5 Å². The average molecular weight is 526 g/mol. The van der Waals surface area contributed by atoms with Crippen molar-refractivity contribution >= 4 is 11.9 Å². The second-order valence-electron chi connectivity index (χ2n) is 8.45. The molecule has 200 valence electrons. The molecule has 0 amide bonds. The number of hydrogen-bond donors (Lipinski definition) is 5. The fraction of sp³-hybridized carbons (Fsp3) is 0.259. The first-order chi connectivity index (χ1) is 18.3. The number of para-hydroxylation sites is 1. The fourth-order valence-electron chi connectivity index (χ4n) is 3.83. The Kier molecular flexibility index (Phi) is 8.44. The number of aromatic hydroxyl groups is 2. The van der Waals surface area contributed by atoms with Crippen molar-refractivity contribution in [1.82, 2.24) is 0 Å². The van der Waals surface area contributed by atoms with Crippen molar-refractivity contribution in [3.05, 3.63) is 89.5 Å². The van der Waals surface area contributed by atoms with E-state index in [2.05, 4.69) is 0 Å². The zero-order chi connectivity index (χ0) is 27.2. The van der Waals surface area contributed by atoms with Crippen LogP contribution in [0.5, 0.6) is 17.2 Å². The Morgan fingerprint density at radius 2 is 1.58 bits per heavy atom. The third-order valence-electron chi connectivity index (χ3n) is 5.85. The van der Waals surface area contributed by atoms with Crippen molar-refractivity contribution < 1.29 is 54.1 Å². The first kappa shape index (κ1) is 26.9. The third-order valence-corrected chi connectivity index (χ3v) is 5.85. The molecule has 5 atom stereocenters. The van der Waals surface area contributed by atoms with Gasteiger partial charge in [0.1, 0.15) is 47.7 Å². The van der Waals surface area contributed by atoms with Gasteiger partial charge >= 0.3 is 11.9 Å². The van der Waals surface area contributed by atoms with Crippen LogP contribution in [0.25, 0.3) is 0 Å². The van der Waals surface area contributed by atoms with Crippen molar-refractivity contribution in [2.75, 3.05) is 6.61 Å². The number of esters is 2. The lowest BCUT2D eigenvalue weighted by atomic mass is 9.99. The van der Waals surface area contributed by atoms with Gasteiger partial charge in [-0.3, -0.25) is 0 Å². The molecule has 0 bridgehead atoms. The van der Waals surface area contributed by atoms with E-state index in [0.29, 0.717) is 0 Å². The quantitative estimate of drug-likeness (QED) is 0.269. The molecule has 3 aromatic carbocycles. The molecule has 1 aliphatic heterocycles. The molecule has 1 fully saturated rings. The Bertz CT molecular complexity index is 1260. The minimum Gasteiger partial charge on any atom is -0.508 e. The minimum atomic E-state index is -1.68. The van der Waals surface area contributed by atoms with Crippen LogP contribution in [0.4, 0.5) is 0 Å². The van der Waals surface area contributed by atoms with Crippen LogP contribution >= 0.6 is 0 Å². The summed E-state index contributed by atoms with van der Waals surface area (Å²) in [6, 6.07) is 17.6. The molecule has 0 spiro atoms. The summed E-state index contributed by atoms with van der Waals surface area (Å²) >= 11 is 0. The van der Waals surface area contributed by atoms with Crippen LogP contribution in [0, 0.1) is 0 Å². The number of aliphatic hydroxyl groups is 3. The van der Waals surface area contributed by atoms with Gasteiger partial charge in [0.05, 0.1) is 12.2 Å². The van der Waals surface area contributed by atoms with Gasteiger partial charge in [0.15, 0.2) is 6.10 Å². The van der Waals surface area contributed by atoms with Gasteiger partial charge < -0.3 is 44.5 Å². The van der Waals surface area contributed by atoms with Crippen molar-refractivity contribution in [3.63, 3.8) is 0 Å². The van der Waals surface area contributed by atoms with Crippen LogP contribution in [0.15, 0.2) is 72.8 Å². The van der Waals surface area contributed by atoms with Crippen molar-refractivity contribution in [2.24, 2.45) is 0 Å². The van der Waals surface area contributed by atoms with E-state index in [-0.39, 0.29) is 33.9 Å². The molecule has 1 aliphatic rings. The first-order valence-corrected chi connectivity index (χ1v) is 11.6. The van der Waals surface area contributed by atoms with Crippen LogP contribution in [-0.4, -0.2) is 74.8 Å². The molecule has 3 aromatic rings. The van der Waals surface area contributed by atoms with Gasteiger partial charge in [-0.2, -0.15) is 0 Å². The van der Waals surface area contributed by atoms with E-state index in [9.17, 15) is 35.1 Å². The summed E-state index contributed by atoms with van der Waals surface area (Å²) < 4.78 is 22.2. The van der Waals surface area contributed by atoms with Crippen LogP contribution < -0.4 is 4.74 Å². The topological polar surface area (TPSA) is 172 Å². The van der Waals surface area contributed by atoms with E-state index in [1.807, 2.05) is 0 Å². The minimum absolute atomic E-state index is 0.0268. The van der Waals surface area contributed by atoms with Gasteiger partial charge in [0.25, 0.3) is 0 Å². The summed E-state index contributed by atoms with van der Waals surface area (Å²) in [5.74, 6) is -2.07. The van der Waals surface area contributed by atoms with Gasteiger partial charge in [-0.25, -0.2) is 9.59 Å². The highest BCUT2D eigenvalue weighted by atomic mass is 16.7. The second-order valence-corrected chi connectivity index (χ2v) is 8.45. The first-order valence-electron chi connectivity index (χ1n) is 11.6. The third kappa shape index (κ3) is 6.03. The zero-order valence-electron chi connectivity index (χ0n) is 19.9. The van der Waals surface area contributed by atoms with Gasteiger partial charge in [-0.05, 0) is 42.5 Å². The van der Waals surface area contributed by atoms with Gasteiger partial charge in [-0.1, -0.05) is 30.3 Å². The lowest BCUT2D eigenvalue weighted by Crippen LogP contribution is -2.61. The molecule has 5 N–H and O–H groups in total. The van der Waals surface area contributed by atoms with E-state index >= 15 is 0 Å². The van der Waals surface area contributed by atoms with Crippen LogP contribution in [0.3, 0.4) is 0 Å². The molecule has 0 saturated carbocycles. The molecule has 11 nitrogen and oxygen atoms in total.